The fraction of sp³-hybridized carbons (Fsp3) is 0.571. The van der Waals surface area contributed by atoms with Crippen molar-refractivity contribution in [3.05, 3.63) is 30.1 Å². The summed E-state index contributed by atoms with van der Waals surface area (Å²) >= 11 is 0. The Hall–Kier alpha value is -1.42. The molecule has 98 valence electrons. The molecule has 0 amide bonds. The zero-order valence-electron chi connectivity index (χ0n) is 11.0. The number of piperidine rings is 1. The molecule has 4 heteroatoms. The van der Waals surface area contributed by atoms with Gasteiger partial charge in [-0.3, -0.25) is 9.78 Å². The standard InChI is InChI=1S/C14H20N2O2/c1-11(2)16-9-5-14(6-10-16,13(17)18)12-3-7-15-8-4-12/h3-4,7-8,11H,5-6,9-10H2,1-2H3,(H,17,18). The summed E-state index contributed by atoms with van der Waals surface area (Å²) in [4.78, 5) is 18.0. The fourth-order valence-electron chi connectivity index (χ4n) is 2.72. The average molecular weight is 248 g/mol. The second-order valence-corrected chi connectivity index (χ2v) is 5.25. The van der Waals surface area contributed by atoms with Gasteiger partial charge in [0.25, 0.3) is 0 Å². The number of carboxylic acids is 1. The second-order valence-electron chi connectivity index (χ2n) is 5.25. The third-order valence-corrected chi connectivity index (χ3v) is 4.02. The number of nitrogens with zero attached hydrogens (tertiary/aromatic N) is 2. The van der Waals surface area contributed by atoms with E-state index in [0.29, 0.717) is 18.9 Å². The lowest BCUT2D eigenvalue weighted by Crippen LogP contribution is -2.49. The number of rotatable bonds is 3. The Morgan fingerprint density at radius 2 is 1.89 bits per heavy atom. The second kappa shape index (κ2) is 5.06. The summed E-state index contributed by atoms with van der Waals surface area (Å²) in [7, 11) is 0. The van der Waals surface area contributed by atoms with Crippen LogP contribution in [0, 0.1) is 0 Å². The molecule has 0 saturated carbocycles. The molecule has 1 N–H and O–H groups in total. The SMILES string of the molecule is CC(C)N1CCC(C(=O)O)(c2ccncc2)CC1. The predicted molar refractivity (Wildman–Crippen MR) is 69.5 cm³/mol. The number of aliphatic carboxylic acids is 1. The maximum absolute atomic E-state index is 11.7. The van der Waals surface area contributed by atoms with Gasteiger partial charge in [-0.2, -0.15) is 0 Å². The van der Waals surface area contributed by atoms with Crippen LogP contribution in [0.4, 0.5) is 0 Å². The smallest absolute Gasteiger partial charge is 0.314 e. The zero-order valence-corrected chi connectivity index (χ0v) is 11.0. The first-order chi connectivity index (χ1) is 8.56. The summed E-state index contributed by atoms with van der Waals surface area (Å²) in [5.74, 6) is -0.711. The van der Waals surface area contributed by atoms with Crippen molar-refractivity contribution in [2.45, 2.75) is 38.1 Å². The van der Waals surface area contributed by atoms with Gasteiger partial charge in [0, 0.05) is 18.4 Å². The molecular weight excluding hydrogens is 228 g/mol. The molecular formula is C14H20N2O2. The van der Waals surface area contributed by atoms with Crippen molar-refractivity contribution in [2.75, 3.05) is 13.1 Å². The van der Waals surface area contributed by atoms with Crippen molar-refractivity contribution in [3.63, 3.8) is 0 Å². The number of pyridine rings is 1. The average Bonchev–Trinajstić information content (AvgIpc) is 2.39. The van der Waals surface area contributed by atoms with Gasteiger partial charge in [0.15, 0.2) is 0 Å². The van der Waals surface area contributed by atoms with Crippen LogP contribution >= 0.6 is 0 Å². The van der Waals surface area contributed by atoms with E-state index in [9.17, 15) is 9.90 Å². The Kier molecular flexibility index (Phi) is 3.66. The topological polar surface area (TPSA) is 53.4 Å². The molecule has 4 nitrogen and oxygen atoms in total. The number of aromatic nitrogens is 1. The van der Waals surface area contributed by atoms with Crippen LogP contribution in [-0.4, -0.2) is 40.1 Å². The van der Waals surface area contributed by atoms with E-state index in [0.717, 1.165) is 18.7 Å². The quantitative estimate of drug-likeness (QED) is 0.887. The molecule has 0 spiro atoms. The van der Waals surface area contributed by atoms with Crippen molar-refractivity contribution < 1.29 is 9.90 Å². The summed E-state index contributed by atoms with van der Waals surface area (Å²) in [5, 5.41) is 9.63. The molecule has 0 unspecified atom stereocenters. The van der Waals surface area contributed by atoms with Gasteiger partial charge in [0.1, 0.15) is 0 Å². The highest BCUT2D eigenvalue weighted by Crippen LogP contribution is 2.36. The minimum atomic E-state index is -0.728. The molecule has 1 fully saturated rings. The summed E-state index contributed by atoms with van der Waals surface area (Å²) in [6.07, 6.45) is 4.69. The highest BCUT2D eigenvalue weighted by molar-refractivity contribution is 5.81. The van der Waals surface area contributed by atoms with Gasteiger partial charge in [-0.1, -0.05) is 0 Å². The van der Waals surface area contributed by atoms with Crippen LogP contribution in [0.25, 0.3) is 0 Å². The van der Waals surface area contributed by atoms with E-state index < -0.39 is 11.4 Å². The first kappa shape index (κ1) is 13.0. The monoisotopic (exact) mass is 248 g/mol. The van der Waals surface area contributed by atoms with Gasteiger partial charge in [0.2, 0.25) is 0 Å². The number of hydrogen-bond donors (Lipinski definition) is 1. The molecule has 0 aliphatic carbocycles. The summed E-state index contributed by atoms with van der Waals surface area (Å²) in [6.45, 7) is 5.99. The normalized spacial score (nSPS) is 19.9. The Morgan fingerprint density at radius 1 is 1.33 bits per heavy atom. The molecule has 0 radical (unpaired) electrons. The molecule has 0 aromatic carbocycles. The van der Waals surface area contributed by atoms with Crippen LogP contribution in [0.5, 0.6) is 0 Å². The molecule has 1 aliphatic heterocycles. The van der Waals surface area contributed by atoms with Gasteiger partial charge in [-0.05, 0) is 57.5 Å². The first-order valence-corrected chi connectivity index (χ1v) is 6.44. The lowest BCUT2D eigenvalue weighted by atomic mass is 9.73. The molecule has 0 bridgehead atoms. The maximum atomic E-state index is 11.7. The fourth-order valence-corrected chi connectivity index (χ4v) is 2.72. The Morgan fingerprint density at radius 3 is 2.33 bits per heavy atom. The van der Waals surface area contributed by atoms with Crippen LogP contribution in [0.15, 0.2) is 24.5 Å². The largest absolute Gasteiger partial charge is 0.481 e. The van der Waals surface area contributed by atoms with Crippen molar-refractivity contribution in [1.29, 1.82) is 0 Å². The van der Waals surface area contributed by atoms with Crippen molar-refractivity contribution in [2.24, 2.45) is 0 Å². The van der Waals surface area contributed by atoms with E-state index in [4.69, 9.17) is 0 Å². The Labute approximate surface area is 108 Å². The maximum Gasteiger partial charge on any atom is 0.314 e. The van der Waals surface area contributed by atoms with Crippen LogP contribution in [0.2, 0.25) is 0 Å². The molecule has 1 aromatic heterocycles. The van der Waals surface area contributed by atoms with Gasteiger partial charge in [0.05, 0.1) is 5.41 Å². The molecule has 0 atom stereocenters. The third-order valence-electron chi connectivity index (χ3n) is 4.02. The highest BCUT2D eigenvalue weighted by Gasteiger charge is 2.43. The predicted octanol–water partition coefficient (Wildman–Crippen LogP) is 1.91. The van der Waals surface area contributed by atoms with E-state index in [1.54, 1.807) is 12.4 Å². The molecule has 1 saturated heterocycles. The van der Waals surface area contributed by atoms with Crippen molar-refractivity contribution >= 4 is 5.97 Å². The highest BCUT2D eigenvalue weighted by atomic mass is 16.4. The van der Waals surface area contributed by atoms with E-state index >= 15 is 0 Å². The first-order valence-electron chi connectivity index (χ1n) is 6.44. The van der Waals surface area contributed by atoms with E-state index in [1.807, 2.05) is 12.1 Å². The lowest BCUT2D eigenvalue weighted by molar-refractivity contribution is -0.146. The van der Waals surface area contributed by atoms with Crippen LogP contribution in [-0.2, 0) is 10.2 Å². The van der Waals surface area contributed by atoms with E-state index in [1.165, 1.54) is 0 Å². The van der Waals surface area contributed by atoms with E-state index in [-0.39, 0.29) is 0 Å². The summed E-state index contributed by atoms with van der Waals surface area (Å²) in [5.41, 5.74) is 0.155. The summed E-state index contributed by atoms with van der Waals surface area (Å²) < 4.78 is 0. The summed E-state index contributed by atoms with van der Waals surface area (Å²) in [6, 6.07) is 4.15. The minimum absolute atomic E-state index is 0.481. The van der Waals surface area contributed by atoms with Crippen LogP contribution < -0.4 is 0 Å². The minimum Gasteiger partial charge on any atom is -0.481 e. The Balaban J connectivity index is 2.24. The number of carboxylic acid groups (broad SMARTS) is 1. The molecule has 2 rings (SSSR count). The van der Waals surface area contributed by atoms with Crippen LogP contribution in [0.3, 0.4) is 0 Å². The van der Waals surface area contributed by atoms with Crippen molar-refractivity contribution in [3.8, 4) is 0 Å². The number of carbonyl (C=O) groups is 1. The zero-order chi connectivity index (χ0) is 13.2. The van der Waals surface area contributed by atoms with Gasteiger partial charge >= 0.3 is 5.97 Å². The molecule has 2 heterocycles. The van der Waals surface area contributed by atoms with Gasteiger partial charge in [-0.15, -0.1) is 0 Å². The molecule has 1 aliphatic rings. The van der Waals surface area contributed by atoms with Gasteiger partial charge in [-0.25, -0.2) is 0 Å². The molecule has 1 aromatic rings. The van der Waals surface area contributed by atoms with E-state index in [2.05, 4.69) is 23.7 Å². The van der Waals surface area contributed by atoms with Gasteiger partial charge < -0.3 is 10.0 Å². The van der Waals surface area contributed by atoms with Crippen molar-refractivity contribution in [1.82, 2.24) is 9.88 Å². The Bertz CT molecular complexity index is 409. The molecule has 18 heavy (non-hydrogen) atoms. The number of likely N-dealkylation sites (tertiary alicyclic amines) is 1. The lowest BCUT2D eigenvalue weighted by Gasteiger charge is -2.40. The third kappa shape index (κ3) is 2.25. The number of hydrogen-bond acceptors (Lipinski definition) is 3. The van der Waals surface area contributed by atoms with Crippen LogP contribution in [0.1, 0.15) is 32.3 Å².